The van der Waals surface area contributed by atoms with E-state index in [1.807, 2.05) is 30.3 Å². The van der Waals surface area contributed by atoms with Crippen LogP contribution in [0.1, 0.15) is 12.8 Å². The topological polar surface area (TPSA) is 90.4 Å². The Balaban J connectivity index is 1.57. The van der Waals surface area contributed by atoms with Crippen molar-refractivity contribution >= 4 is 39.8 Å². The van der Waals surface area contributed by atoms with Crippen LogP contribution in [0.25, 0.3) is 10.9 Å². The number of carbonyl (C=O) groups excluding carboxylic acids is 2. The van der Waals surface area contributed by atoms with E-state index in [1.54, 1.807) is 24.4 Å². The molecule has 1 aromatic heterocycles. The van der Waals surface area contributed by atoms with Crippen molar-refractivity contribution in [1.29, 1.82) is 0 Å². The molecule has 0 aliphatic carbocycles. The maximum Gasteiger partial charge on any atom is 0.271 e. The molecule has 3 aromatic rings. The third-order valence-electron chi connectivity index (χ3n) is 4.00. The van der Waals surface area contributed by atoms with Gasteiger partial charge in [0.05, 0.1) is 17.4 Å². The van der Waals surface area contributed by atoms with E-state index in [-0.39, 0.29) is 18.2 Å². The molecule has 1 aliphatic rings. The Bertz CT molecular complexity index is 977. The Hall–Kier alpha value is -3.48. The van der Waals surface area contributed by atoms with Gasteiger partial charge in [0, 0.05) is 23.9 Å². The summed E-state index contributed by atoms with van der Waals surface area (Å²) in [6.07, 6.45) is 2.29. The van der Waals surface area contributed by atoms with E-state index < -0.39 is 0 Å². The third kappa shape index (κ3) is 2.99. The molecule has 0 bridgehead atoms. The minimum absolute atomic E-state index is 0.123. The Kier molecular flexibility index (Phi) is 3.74. The van der Waals surface area contributed by atoms with Crippen LogP contribution in [0.5, 0.6) is 0 Å². The lowest BCUT2D eigenvalue weighted by molar-refractivity contribution is -0.118. The van der Waals surface area contributed by atoms with Gasteiger partial charge in [-0.05, 0) is 30.3 Å². The number of hydrogen-bond acceptors (Lipinski definition) is 4. The maximum atomic E-state index is 12.5. The molecule has 0 spiro atoms. The molecule has 2 heterocycles. The van der Waals surface area contributed by atoms with Gasteiger partial charge in [0.25, 0.3) is 5.91 Å². The van der Waals surface area contributed by atoms with E-state index in [0.29, 0.717) is 23.5 Å². The zero-order chi connectivity index (χ0) is 17.2. The Morgan fingerprint density at radius 1 is 1.12 bits per heavy atom. The van der Waals surface area contributed by atoms with Crippen LogP contribution in [0, 0.1) is 0 Å². The number of carbonyl (C=O) groups is 2. The van der Waals surface area contributed by atoms with Crippen LogP contribution < -0.4 is 10.3 Å². The van der Waals surface area contributed by atoms with E-state index in [0.717, 1.165) is 10.9 Å². The number of benzene rings is 2. The van der Waals surface area contributed by atoms with E-state index in [1.165, 1.54) is 5.01 Å². The van der Waals surface area contributed by atoms with Gasteiger partial charge in [0.2, 0.25) is 5.91 Å². The van der Waals surface area contributed by atoms with Crippen LogP contribution >= 0.6 is 0 Å². The SMILES string of the molecule is O=C(Nc1ccc2cn[nH]c2c1)C1=NN(c2ccccc2)C(=O)CC1. The van der Waals surface area contributed by atoms with Crippen molar-refractivity contribution in [3.63, 3.8) is 0 Å². The second-order valence-electron chi connectivity index (χ2n) is 5.71. The molecule has 4 rings (SSSR count). The maximum absolute atomic E-state index is 12.5. The highest BCUT2D eigenvalue weighted by Crippen LogP contribution is 2.21. The molecule has 0 radical (unpaired) electrons. The predicted molar refractivity (Wildman–Crippen MR) is 95.3 cm³/mol. The largest absolute Gasteiger partial charge is 0.321 e. The summed E-state index contributed by atoms with van der Waals surface area (Å²) in [7, 11) is 0. The lowest BCUT2D eigenvalue weighted by Crippen LogP contribution is -2.36. The first-order valence-corrected chi connectivity index (χ1v) is 7.91. The van der Waals surface area contributed by atoms with Crippen molar-refractivity contribution in [2.45, 2.75) is 12.8 Å². The molecule has 124 valence electrons. The van der Waals surface area contributed by atoms with Crippen molar-refractivity contribution in [2.75, 3.05) is 10.3 Å². The molecule has 2 amide bonds. The summed E-state index contributed by atoms with van der Waals surface area (Å²) < 4.78 is 0. The monoisotopic (exact) mass is 333 g/mol. The number of H-pyrrole nitrogens is 1. The molecule has 0 atom stereocenters. The summed E-state index contributed by atoms with van der Waals surface area (Å²) in [4.78, 5) is 24.6. The summed E-state index contributed by atoms with van der Waals surface area (Å²) in [5.41, 5.74) is 2.46. The molecular weight excluding hydrogens is 318 g/mol. The smallest absolute Gasteiger partial charge is 0.271 e. The Morgan fingerprint density at radius 2 is 1.96 bits per heavy atom. The second kappa shape index (κ2) is 6.20. The minimum atomic E-state index is -0.313. The van der Waals surface area contributed by atoms with Gasteiger partial charge in [-0.2, -0.15) is 10.2 Å². The van der Waals surface area contributed by atoms with Gasteiger partial charge >= 0.3 is 0 Å². The first kappa shape index (κ1) is 15.1. The Morgan fingerprint density at radius 3 is 2.80 bits per heavy atom. The summed E-state index contributed by atoms with van der Waals surface area (Å²) >= 11 is 0. The van der Waals surface area contributed by atoms with Crippen LogP contribution in [-0.2, 0) is 9.59 Å². The number of amides is 2. The van der Waals surface area contributed by atoms with E-state index in [9.17, 15) is 9.59 Å². The van der Waals surface area contributed by atoms with Crippen LogP contribution in [0.2, 0.25) is 0 Å². The normalized spacial score (nSPS) is 14.5. The number of hydrazone groups is 1. The summed E-state index contributed by atoms with van der Waals surface area (Å²) in [6, 6.07) is 14.6. The molecule has 2 N–H and O–H groups in total. The second-order valence-corrected chi connectivity index (χ2v) is 5.71. The molecule has 0 saturated carbocycles. The van der Waals surface area contributed by atoms with Crippen LogP contribution in [0.15, 0.2) is 59.8 Å². The summed E-state index contributed by atoms with van der Waals surface area (Å²) in [5.74, 6) is -0.436. The predicted octanol–water partition coefficient (Wildman–Crippen LogP) is 2.68. The number of aromatic nitrogens is 2. The standard InChI is InChI=1S/C18H15N5O2/c24-17-9-8-15(22-23(17)14-4-2-1-3-5-14)18(25)20-13-7-6-12-11-19-21-16(12)10-13/h1-7,10-11H,8-9H2,(H,19,21)(H,20,25). The highest BCUT2D eigenvalue weighted by Gasteiger charge is 2.25. The number of aromatic amines is 1. The fourth-order valence-electron chi connectivity index (χ4n) is 2.71. The first-order valence-electron chi connectivity index (χ1n) is 7.91. The van der Waals surface area contributed by atoms with Crippen molar-refractivity contribution in [3.8, 4) is 0 Å². The molecular formula is C18H15N5O2. The minimum Gasteiger partial charge on any atom is -0.321 e. The molecule has 2 aromatic carbocycles. The molecule has 7 nitrogen and oxygen atoms in total. The average Bonchev–Trinajstić information content (AvgIpc) is 3.10. The van der Waals surface area contributed by atoms with Gasteiger partial charge < -0.3 is 5.32 Å². The molecule has 0 fully saturated rings. The number of fused-ring (bicyclic) bond motifs is 1. The number of nitrogens with one attached hydrogen (secondary N) is 2. The van der Waals surface area contributed by atoms with Crippen LogP contribution in [-0.4, -0.2) is 27.7 Å². The number of para-hydroxylation sites is 1. The highest BCUT2D eigenvalue weighted by molar-refractivity contribution is 6.44. The third-order valence-corrected chi connectivity index (χ3v) is 4.00. The van der Waals surface area contributed by atoms with Gasteiger partial charge in [-0.25, -0.2) is 5.01 Å². The van der Waals surface area contributed by atoms with E-state index >= 15 is 0 Å². The lowest BCUT2D eigenvalue weighted by Gasteiger charge is -2.23. The molecule has 1 aliphatic heterocycles. The van der Waals surface area contributed by atoms with Crippen molar-refractivity contribution < 1.29 is 9.59 Å². The number of anilines is 2. The number of rotatable bonds is 3. The summed E-state index contributed by atoms with van der Waals surface area (Å²) in [5, 5.41) is 16.1. The lowest BCUT2D eigenvalue weighted by atomic mass is 10.1. The fraction of sp³-hybridized carbons (Fsp3) is 0.111. The van der Waals surface area contributed by atoms with Crippen molar-refractivity contribution in [3.05, 3.63) is 54.7 Å². The van der Waals surface area contributed by atoms with Gasteiger partial charge in [-0.15, -0.1) is 0 Å². The number of hydrogen-bond donors (Lipinski definition) is 2. The molecule has 7 heteroatoms. The average molecular weight is 333 g/mol. The van der Waals surface area contributed by atoms with Gasteiger partial charge in [-0.3, -0.25) is 14.7 Å². The first-order chi connectivity index (χ1) is 12.2. The van der Waals surface area contributed by atoms with E-state index in [4.69, 9.17) is 0 Å². The van der Waals surface area contributed by atoms with Gasteiger partial charge in [0.15, 0.2) is 0 Å². The Labute approximate surface area is 143 Å². The molecule has 0 unspecified atom stereocenters. The van der Waals surface area contributed by atoms with Gasteiger partial charge in [0.1, 0.15) is 5.71 Å². The zero-order valence-electron chi connectivity index (χ0n) is 13.3. The van der Waals surface area contributed by atoms with Crippen LogP contribution in [0.3, 0.4) is 0 Å². The van der Waals surface area contributed by atoms with Gasteiger partial charge in [-0.1, -0.05) is 18.2 Å². The summed E-state index contributed by atoms with van der Waals surface area (Å²) in [6.45, 7) is 0. The molecule has 0 saturated heterocycles. The van der Waals surface area contributed by atoms with E-state index in [2.05, 4.69) is 20.6 Å². The van der Waals surface area contributed by atoms with Crippen LogP contribution in [0.4, 0.5) is 11.4 Å². The van der Waals surface area contributed by atoms with Crippen molar-refractivity contribution in [1.82, 2.24) is 10.2 Å². The number of nitrogens with zero attached hydrogens (tertiary/aromatic N) is 3. The zero-order valence-corrected chi connectivity index (χ0v) is 13.3. The highest BCUT2D eigenvalue weighted by atomic mass is 16.2. The molecule has 25 heavy (non-hydrogen) atoms. The van der Waals surface area contributed by atoms with Crippen molar-refractivity contribution in [2.24, 2.45) is 5.10 Å². The quantitative estimate of drug-likeness (QED) is 0.772. The fourth-order valence-corrected chi connectivity index (χ4v) is 2.71.